The van der Waals surface area contributed by atoms with Crippen LogP contribution in [0.3, 0.4) is 0 Å². The van der Waals surface area contributed by atoms with Crippen molar-refractivity contribution in [1.82, 2.24) is 19.7 Å². The molecule has 0 saturated heterocycles. The summed E-state index contributed by atoms with van der Waals surface area (Å²) in [7, 11) is 0. The quantitative estimate of drug-likeness (QED) is 0.266. The number of unbranched alkanes of at least 4 members (excludes halogenated alkanes) is 2. The molecular formula is C27H26N4O3. The van der Waals surface area contributed by atoms with Crippen molar-refractivity contribution in [3.8, 4) is 11.1 Å². The Labute approximate surface area is 198 Å². The number of aryl methyl sites for hydroxylation is 1. The SMILES string of the molecule is CCCCCn1nc(C(=O)c2ccccc2)nc1Cc1ccc(-c2ccccc2C(=O)O)cn1. The Morgan fingerprint density at radius 2 is 1.71 bits per heavy atom. The number of hydrogen-bond donors (Lipinski definition) is 1. The van der Waals surface area contributed by atoms with Gasteiger partial charge in [0.15, 0.2) is 0 Å². The molecule has 4 rings (SSSR count). The molecule has 7 heteroatoms. The average molecular weight is 455 g/mol. The van der Waals surface area contributed by atoms with Crippen LogP contribution in [0.2, 0.25) is 0 Å². The van der Waals surface area contributed by atoms with Crippen LogP contribution in [0.25, 0.3) is 11.1 Å². The van der Waals surface area contributed by atoms with Crippen molar-refractivity contribution in [3.05, 3.63) is 101 Å². The van der Waals surface area contributed by atoms with Gasteiger partial charge in [-0.05, 0) is 24.1 Å². The van der Waals surface area contributed by atoms with Crippen LogP contribution in [0, 0.1) is 0 Å². The average Bonchev–Trinajstić information content (AvgIpc) is 3.27. The van der Waals surface area contributed by atoms with Crippen molar-refractivity contribution in [2.24, 2.45) is 0 Å². The molecule has 0 saturated carbocycles. The van der Waals surface area contributed by atoms with Crippen molar-refractivity contribution in [3.63, 3.8) is 0 Å². The second kappa shape index (κ2) is 10.7. The molecule has 0 spiro atoms. The number of aromatic nitrogens is 4. The Hall–Kier alpha value is -4.13. The molecule has 172 valence electrons. The van der Waals surface area contributed by atoms with E-state index in [1.807, 2.05) is 30.3 Å². The third-order valence-electron chi connectivity index (χ3n) is 5.59. The molecule has 0 radical (unpaired) electrons. The van der Waals surface area contributed by atoms with Crippen LogP contribution >= 0.6 is 0 Å². The first-order valence-electron chi connectivity index (χ1n) is 11.4. The molecule has 0 unspecified atom stereocenters. The van der Waals surface area contributed by atoms with Crippen molar-refractivity contribution in [1.29, 1.82) is 0 Å². The Morgan fingerprint density at radius 3 is 2.41 bits per heavy atom. The predicted molar refractivity (Wildman–Crippen MR) is 129 cm³/mol. The van der Waals surface area contributed by atoms with Crippen LogP contribution in [-0.2, 0) is 13.0 Å². The molecule has 4 aromatic rings. The Bertz CT molecular complexity index is 1280. The summed E-state index contributed by atoms with van der Waals surface area (Å²) in [6, 6.07) is 19.6. The van der Waals surface area contributed by atoms with E-state index in [0.717, 1.165) is 30.5 Å². The van der Waals surface area contributed by atoms with Gasteiger partial charge in [0.2, 0.25) is 11.6 Å². The standard InChI is InChI=1S/C27H26N4O3/c1-2-3-9-16-31-24(29-26(30-31)25(32)19-10-5-4-6-11-19)17-21-15-14-20(18-28-21)22-12-7-8-13-23(22)27(33)34/h4-8,10-15,18H,2-3,9,16-17H2,1H3,(H,33,34). The molecule has 34 heavy (non-hydrogen) atoms. The van der Waals surface area contributed by atoms with Crippen molar-refractivity contribution < 1.29 is 14.7 Å². The first-order valence-corrected chi connectivity index (χ1v) is 11.4. The van der Waals surface area contributed by atoms with Crippen LogP contribution in [0.1, 0.15) is 64.2 Å². The van der Waals surface area contributed by atoms with Crippen molar-refractivity contribution >= 4 is 11.8 Å². The van der Waals surface area contributed by atoms with Gasteiger partial charge < -0.3 is 5.11 Å². The van der Waals surface area contributed by atoms with Gasteiger partial charge in [-0.25, -0.2) is 14.5 Å². The van der Waals surface area contributed by atoms with Crippen LogP contribution in [0.5, 0.6) is 0 Å². The second-order valence-electron chi connectivity index (χ2n) is 8.04. The zero-order chi connectivity index (χ0) is 23.9. The van der Waals surface area contributed by atoms with Crippen LogP contribution in [-0.4, -0.2) is 36.6 Å². The summed E-state index contributed by atoms with van der Waals surface area (Å²) in [5.74, 6) is -0.313. The van der Waals surface area contributed by atoms with E-state index in [-0.39, 0.29) is 17.2 Å². The number of hydrogen-bond acceptors (Lipinski definition) is 5. The second-order valence-corrected chi connectivity index (χ2v) is 8.04. The van der Waals surface area contributed by atoms with E-state index in [2.05, 4.69) is 22.0 Å². The molecule has 0 fully saturated rings. The van der Waals surface area contributed by atoms with Gasteiger partial charge >= 0.3 is 5.97 Å². The third-order valence-corrected chi connectivity index (χ3v) is 5.59. The number of carboxylic acid groups (broad SMARTS) is 1. The minimum Gasteiger partial charge on any atom is -0.478 e. The van der Waals surface area contributed by atoms with E-state index in [9.17, 15) is 14.7 Å². The molecule has 2 aromatic carbocycles. The highest BCUT2D eigenvalue weighted by Gasteiger charge is 2.19. The van der Waals surface area contributed by atoms with Crippen LogP contribution < -0.4 is 0 Å². The number of carboxylic acids is 1. The minimum atomic E-state index is -0.976. The summed E-state index contributed by atoms with van der Waals surface area (Å²) in [6.45, 7) is 2.82. The third kappa shape index (κ3) is 5.26. The normalized spacial score (nSPS) is 10.9. The molecule has 7 nitrogen and oxygen atoms in total. The predicted octanol–water partition coefficient (Wildman–Crippen LogP) is 5.05. The maximum absolute atomic E-state index is 12.9. The first kappa shape index (κ1) is 23.0. The summed E-state index contributed by atoms with van der Waals surface area (Å²) in [6.07, 6.45) is 5.19. The van der Waals surface area contributed by atoms with Gasteiger partial charge in [-0.2, -0.15) is 0 Å². The smallest absolute Gasteiger partial charge is 0.336 e. The maximum atomic E-state index is 12.9. The molecule has 0 aliphatic rings. The molecule has 0 amide bonds. The van der Waals surface area contributed by atoms with Gasteiger partial charge in [0.25, 0.3) is 0 Å². The van der Waals surface area contributed by atoms with Gasteiger partial charge in [0.1, 0.15) is 5.82 Å². The largest absolute Gasteiger partial charge is 0.478 e. The summed E-state index contributed by atoms with van der Waals surface area (Å²) >= 11 is 0. The monoisotopic (exact) mass is 454 g/mol. The highest BCUT2D eigenvalue weighted by molar-refractivity contribution is 6.06. The summed E-state index contributed by atoms with van der Waals surface area (Å²) in [5.41, 5.74) is 2.90. The molecule has 0 atom stereocenters. The van der Waals surface area contributed by atoms with Crippen LogP contribution in [0.4, 0.5) is 0 Å². The van der Waals surface area contributed by atoms with E-state index in [1.54, 1.807) is 47.3 Å². The van der Waals surface area contributed by atoms with Crippen molar-refractivity contribution in [2.75, 3.05) is 0 Å². The highest BCUT2D eigenvalue weighted by atomic mass is 16.4. The summed E-state index contributed by atoms with van der Waals surface area (Å²) in [4.78, 5) is 33.5. The lowest BCUT2D eigenvalue weighted by molar-refractivity contribution is 0.0697. The first-order chi connectivity index (χ1) is 16.6. The molecule has 2 heterocycles. The number of aromatic carboxylic acids is 1. The van der Waals surface area contributed by atoms with Gasteiger partial charge in [0, 0.05) is 36.0 Å². The minimum absolute atomic E-state index is 0.185. The van der Waals surface area contributed by atoms with E-state index in [0.29, 0.717) is 29.9 Å². The van der Waals surface area contributed by atoms with Gasteiger partial charge in [-0.15, -0.1) is 5.10 Å². The lowest BCUT2D eigenvalue weighted by Gasteiger charge is -2.08. The summed E-state index contributed by atoms with van der Waals surface area (Å²) in [5, 5.41) is 14.0. The fourth-order valence-corrected chi connectivity index (χ4v) is 3.78. The number of pyridine rings is 1. The van der Waals surface area contributed by atoms with E-state index in [4.69, 9.17) is 0 Å². The van der Waals surface area contributed by atoms with E-state index >= 15 is 0 Å². The Balaban J connectivity index is 1.59. The van der Waals surface area contributed by atoms with Gasteiger partial charge in [-0.1, -0.05) is 74.4 Å². The number of ketones is 1. The molecular weight excluding hydrogens is 428 g/mol. The fraction of sp³-hybridized carbons (Fsp3) is 0.222. The number of nitrogens with zero attached hydrogens (tertiary/aromatic N) is 4. The van der Waals surface area contributed by atoms with Crippen molar-refractivity contribution in [2.45, 2.75) is 39.2 Å². The van der Waals surface area contributed by atoms with Crippen LogP contribution in [0.15, 0.2) is 72.9 Å². The highest BCUT2D eigenvalue weighted by Crippen LogP contribution is 2.23. The molecule has 2 aromatic heterocycles. The summed E-state index contributed by atoms with van der Waals surface area (Å²) < 4.78 is 1.81. The lowest BCUT2D eigenvalue weighted by Crippen LogP contribution is -2.08. The number of carbonyl (C=O) groups is 2. The number of carbonyl (C=O) groups excluding carboxylic acids is 1. The molecule has 0 aliphatic carbocycles. The molecule has 0 aliphatic heterocycles. The topological polar surface area (TPSA) is 98.0 Å². The van der Waals surface area contributed by atoms with Gasteiger partial charge in [-0.3, -0.25) is 9.78 Å². The van der Waals surface area contributed by atoms with E-state index in [1.165, 1.54) is 0 Å². The zero-order valence-electron chi connectivity index (χ0n) is 19.0. The van der Waals surface area contributed by atoms with E-state index < -0.39 is 5.97 Å². The molecule has 0 bridgehead atoms. The number of benzene rings is 2. The zero-order valence-corrected chi connectivity index (χ0v) is 19.0. The fourth-order valence-electron chi connectivity index (χ4n) is 3.78. The Morgan fingerprint density at radius 1 is 0.941 bits per heavy atom. The van der Waals surface area contributed by atoms with Gasteiger partial charge in [0.05, 0.1) is 5.56 Å². The number of rotatable bonds is 10. The molecule has 1 N–H and O–H groups in total. The lowest BCUT2D eigenvalue weighted by atomic mass is 10.0. The maximum Gasteiger partial charge on any atom is 0.336 e. The Kier molecular flexibility index (Phi) is 7.22.